The largest absolute Gasteiger partial charge is 0.436 e. The van der Waals surface area contributed by atoms with E-state index in [0.717, 1.165) is 44.5 Å². The highest BCUT2D eigenvalue weighted by Gasteiger charge is 2.35. The first-order valence-electron chi connectivity index (χ1n) is 19.3. The second-order valence-electron chi connectivity index (χ2n) is 14.6. The van der Waals surface area contributed by atoms with Gasteiger partial charge in [-0.15, -0.1) is 0 Å². The van der Waals surface area contributed by atoms with Crippen molar-refractivity contribution in [1.29, 1.82) is 0 Å². The fourth-order valence-electron chi connectivity index (χ4n) is 8.79. The summed E-state index contributed by atoms with van der Waals surface area (Å²) >= 11 is 0. The lowest BCUT2D eigenvalue weighted by Gasteiger charge is -2.23. The van der Waals surface area contributed by atoms with Gasteiger partial charge in [0.15, 0.2) is 11.9 Å². The van der Waals surface area contributed by atoms with Crippen molar-refractivity contribution in [2.75, 3.05) is 0 Å². The van der Waals surface area contributed by atoms with Crippen molar-refractivity contribution in [2.24, 2.45) is 9.98 Å². The van der Waals surface area contributed by atoms with Gasteiger partial charge >= 0.3 is 0 Å². The van der Waals surface area contributed by atoms with E-state index in [9.17, 15) is 0 Å². The number of hydrogen-bond acceptors (Lipinski definition) is 4. The Morgan fingerprint density at radius 2 is 1.05 bits per heavy atom. The average Bonchev–Trinajstić information content (AvgIpc) is 3.97. The summed E-state index contributed by atoms with van der Waals surface area (Å²) in [6.07, 6.45) is -0.445. The highest BCUT2D eigenvalue weighted by atomic mass is 16.5. The molecule has 0 saturated heterocycles. The lowest BCUT2D eigenvalue weighted by atomic mass is 9.99. The Balaban J connectivity index is 1.06. The molecule has 1 atom stereocenters. The molecule has 0 bridgehead atoms. The zero-order valence-electron chi connectivity index (χ0n) is 30.7. The molecule has 8 aromatic carbocycles. The molecule has 0 fully saturated rings. The molecule has 12 rings (SSSR count). The second kappa shape index (κ2) is 12.4. The van der Waals surface area contributed by atoms with Gasteiger partial charge in [-0.05, 0) is 82.6 Å². The first kappa shape index (κ1) is 31.6. The van der Waals surface area contributed by atoms with Crippen LogP contribution in [0.5, 0.6) is 0 Å². The highest BCUT2D eigenvalue weighted by Crippen LogP contribution is 2.40. The summed E-state index contributed by atoms with van der Waals surface area (Å²) in [4.78, 5) is 10.4. The maximum Gasteiger partial charge on any atom is 0.224 e. The quantitative estimate of drug-likeness (QED) is 0.196. The van der Waals surface area contributed by atoms with E-state index >= 15 is 0 Å². The van der Waals surface area contributed by atoms with Gasteiger partial charge < -0.3 is 14.6 Å². The van der Waals surface area contributed by atoms with E-state index < -0.39 is 6.17 Å². The van der Waals surface area contributed by atoms with Crippen LogP contribution in [0.25, 0.3) is 76.9 Å². The number of fused-ring (bicyclic) bond motifs is 9. The van der Waals surface area contributed by atoms with Gasteiger partial charge in [-0.25, -0.2) is 9.98 Å². The van der Waals surface area contributed by atoms with Gasteiger partial charge in [0.2, 0.25) is 11.9 Å². The van der Waals surface area contributed by atoms with E-state index in [1.807, 2.05) is 48.5 Å². The van der Waals surface area contributed by atoms with Crippen LogP contribution >= 0.6 is 0 Å². The van der Waals surface area contributed by atoms with Crippen molar-refractivity contribution >= 4 is 71.9 Å². The first-order valence-corrected chi connectivity index (χ1v) is 19.3. The SMILES string of the molecule is c1ccc(C2=NC3NC(n4c5ccc(-c6ccc7c(c6)c6ccccc6n7-c6ccccc6)cc5c5c6ccccc6ccc54)=NC(c4ccccc4)=C3O2)cc1. The number of aromatic nitrogens is 2. The monoisotopic (exact) mass is 731 g/mol. The Kier molecular flexibility index (Phi) is 6.89. The molecule has 1 N–H and O–H groups in total. The molecule has 10 aromatic rings. The lowest BCUT2D eigenvalue weighted by molar-refractivity contribution is 0.408. The van der Waals surface area contributed by atoms with Crippen LogP contribution in [0.4, 0.5) is 0 Å². The molecule has 268 valence electrons. The number of aliphatic imine (C=N–C) groups is 2. The number of para-hydroxylation sites is 2. The zero-order valence-corrected chi connectivity index (χ0v) is 30.7. The van der Waals surface area contributed by atoms with Crippen LogP contribution in [0.3, 0.4) is 0 Å². The standard InChI is InChI=1S/C51H33N5O/c1-4-15-33(16-5-1)47-48-49(53-50(57-48)34-17-6-2-7-18-34)54-51(52-47)56-44-28-26-36(31-41(44)46-38-21-11-10-14-32(38)24-29-45(46)56)35-25-27-43-40(30-35)39-22-12-13-23-42(39)55(43)37-19-8-3-9-20-37/h1-31,49H,(H,52,54). The van der Waals surface area contributed by atoms with Gasteiger partial charge in [0.25, 0.3) is 0 Å². The number of nitrogens with one attached hydrogen (secondary N) is 1. The predicted molar refractivity (Wildman–Crippen MR) is 234 cm³/mol. The van der Waals surface area contributed by atoms with Gasteiger partial charge in [0.1, 0.15) is 5.70 Å². The molecule has 4 heterocycles. The summed E-state index contributed by atoms with van der Waals surface area (Å²) in [7, 11) is 0. The van der Waals surface area contributed by atoms with Gasteiger partial charge in [-0.1, -0.05) is 127 Å². The van der Waals surface area contributed by atoms with Crippen molar-refractivity contribution in [3.63, 3.8) is 0 Å². The van der Waals surface area contributed by atoms with E-state index in [2.05, 4.69) is 154 Å². The number of nitrogens with zero attached hydrogens (tertiary/aromatic N) is 4. The van der Waals surface area contributed by atoms with Gasteiger partial charge in [-0.2, -0.15) is 0 Å². The minimum absolute atomic E-state index is 0.445. The average molecular weight is 732 g/mol. The van der Waals surface area contributed by atoms with Crippen molar-refractivity contribution in [3.05, 3.63) is 205 Å². The van der Waals surface area contributed by atoms with Gasteiger partial charge in [-0.3, -0.25) is 4.57 Å². The molecule has 2 aliphatic rings. The predicted octanol–water partition coefficient (Wildman–Crippen LogP) is 11.7. The molecule has 0 spiro atoms. The Morgan fingerprint density at radius 1 is 0.456 bits per heavy atom. The third-order valence-electron chi connectivity index (χ3n) is 11.4. The Hall–Kier alpha value is -7.70. The van der Waals surface area contributed by atoms with Crippen LogP contribution in [0.15, 0.2) is 204 Å². The maximum atomic E-state index is 6.51. The topological polar surface area (TPSA) is 55.8 Å². The molecule has 0 saturated carbocycles. The molecular weight excluding hydrogens is 699 g/mol. The maximum absolute atomic E-state index is 6.51. The van der Waals surface area contributed by atoms with Crippen LogP contribution in [-0.2, 0) is 4.74 Å². The number of ether oxygens (including phenoxy) is 1. The molecule has 1 unspecified atom stereocenters. The van der Waals surface area contributed by atoms with Crippen molar-refractivity contribution in [1.82, 2.24) is 14.5 Å². The summed E-state index contributed by atoms with van der Waals surface area (Å²) in [5.41, 5.74) is 10.6. The first-order chi connectivity index (χ1) is 28.3. The third-order valence-corrected chi connectivity index (χ3v) is 11.4. The molecular formula is C51H33N5O. The summed E-state index contributed by atoms with van der Waals surface area (Å²) in [6, 6.07) is 66.4. The van der Waals surface area contributed by atoms with E-state index in [1.54, 1.807) is 0 Å². The molecule has 0 amide bonds. The minimum atomic E-state index is -0.445. The molecule has 0 aliphatic carbocycles. The van der Waals surface area contributed by atoms with Crippen LogP contribution in [0.2, 0.25) is 0 Å². The third kappa shape index (κ3) is 4.90. The number of benzene rings is 8. The molecule has 6 nitrogen and oxygen atoms in total. The van der Waals surface area contributed by atoms with E-state index in [0.29, 0.717) is 17.6 Å². The summed E-state index contributed by atoms with van der Waals surface area (Å²) in [5, 5.41) is 10.9. The van der Waals surface area contributed by atoms with Crippen molar-refractivity contribution in [2.45, 2.75) is 6.17 Å². The molecule has 0 radical (unpaired) electrons. The normalized spacial score (nSPS) is 15.3. The van der Waals surface area contributed by atoms with Crippen LogP contribution < -0.4 is 5.32 Å². The van der Waals surface area contributed by atoms with Crippen molar-refractivity contribution in [3.8, 4) is 16.8 Å². The fourth-order valence-corrected chi connectivity index (χ4v) is 8.79. The Labute approximate surface area is 327 Å². The highest BCUT2D eigenvalue weighted by molar-refractivity contribution is 6.24. The molecule has 2 aliphatic heterocycles. The number of hydrogen-bond donors (Lipinski definition) is 1. The van der Waals surface area contributed by atoms with Crippen LogP contribution in [0.1, 0.15) is 11.1 Å². The zero-order chi connectivity index (χ0) is 37.5. The van der Waals surface area contributed by atoms with E-state index in [-0.39, 0.29) is 0 Å². The molecule has 6 heteroatoms. The summed E-state index contributed by atoms with van der Waals surface area (Å²) < 4.78 is 11.1. The molecule has 57 heavy (non-hydrogen) atoms. The van der Waals surface area contributed by atoms with Gasteiger partial charge in [0, 0.05) is 38.4 Å². The van der Waals surface area contributed by atoms with E-state index in [4.69, 9.17) is 14.7 Å². The van der Waals surface area contributed by atoms with E-state index in [1.165, 1.54) is 43.5 Å². The Bertz CT molecular complexity index is 3340. The molecule has 2 aromatic heterocycles. The van der Waals surface area contributed by atoms with Gasteiger partial charge in [0.05, 0.1) is 22.1 Å². The van der Waals surface area contributed by atoms with Crippen molar-refractivity contribution < 1.29 is 4.74 Å². The fraction of sp³-hybridized carbons (Fsp3) is 0.0196. The smallest absolute Gasteiger partial charge is 0.224 e. The lowest BCUT2D eigenvalue weighted by Crippen LogP contribution is -2.40. The summed E-state index contributed by atoms with van der Waals surface area (Å²) in [6.45, 7) is 0. The van der Waals surface area contributed by atoms with Crippen LogP contribution in [-0.4, -0.2) is 27.2 Å². The number of rotatable bonds is 4. The summed E-state index contributed by atoms with van der Waals surface area (Å²) in [5.74, 6) is 1.97. The van der Waals surface area contributed by atoms with Crippen LogP contribution in [0, 0.1) is 0 Å². The minimum Gasteiger partial charge on any atom is -0.436 e. The second-order valence-corrected chi connectivity index (χ2v) is 14.6. The Morgan fingerprint density at radius 3 is 1.82 bits per heavy atom.